The van der Waals surface area contributed by atoms with Crippen molar-refractivity contribution < 1.29 is 9.53 Å². The monoisotopic (exact) mass is 214 g/mol. The quantitative estimate of drug-likeness (QED) is 0.749. The molecule has 1 aliphatic rings. The Balaban J connectivity index is 2.58. The topological polar surface area (TPSA) is 55.6 Å². The van der Waals surface area contributed by atoms with Crippen molar-refractivity contribution in [2.24, 2.45) is 11.7 Å². The van der Waals surface area contributed by atoms with E-state index in [1.54, 1.807) is 21.0 Å². The molecule has 0 aromatic carbocycles. The number of hydrogen-bond acceptors (Lipinski definition) is 3. The van der Waals surface area contributed by atoms with Gasteiger partial charge in [0.05, 0.1) is 0 Å². The van der Waals surface area contributed by atoms with Gasteiger partial charge in [-0.1, -0.05) is 0 Å². The Morgan fingerprint density at radius 3 is 2.60 bits per heavy atom. The van der Waals surface area contributed by atoms with E-state index in [0.717, 1.165) is 19.5 Å². The number of ether oxygens (including phenoxy) is 1. The third kappa shape index (κ3) is 2.69. The fourth-order valence-electron chi connectivity index (χ4n) is 1.87. The van der Waals surface area contributed by atoms with Crippen LogP contribution in [0.3, 0.4) is 0 Å². The van der Waals surface area contributed by atoms with Gasteiger partial charge in [-0.25, -0.2) is 0 Å². The fraction of sp³-hybridized carbons (Fsp3) is 0.909. The Morgan fingerprint density at radius 2 is 2.20 bits per heavy atom. The second-order valence-corrected chi connectivity index (χ2v) is 4.87. The lowest BCUT2D eigenvalue weighted by Gasteiger charge is -2.28. The molecule has 1 fully saturated rings. The molecule has 88 valence electrons. The number of carbonyl (C=O) groups is 1. The van der Waals surface area contributed by atoms with Crippen LogP contribution in [0.4, 0.5) is 0 Å². The van der Waals surface area contributed by atoms with Crippen LogP contribution in [0, 0.1) is 5.92 Å². The summed E-state index contributed by atoms with van der Waals surface area (Å²) in [6.45, 7) is 7.17. The molecule has 4 heteroatoms. The summed E-state index contributed by atoms with van der Waals surface area (Å²) in [5, 5.41) is 0. The number of amides is 1. The van der Waals surface area contributed by atoms with Gasteiger partial charge < -0.3 is 15.4 Å². The van der Waals surface area contributed by atoms with E-state index in [-0.39, 0.29) is 11.9 Å². The maximum absolute atomic E-state index is 12.0. The summed E-state index contributed by atoms with van der Waals surface area (Å²) in [7, 11) is 1.57. The molecule has 1 aliphatic heterocycles. The molecular weight excluding hydrogens is 192 g/mol. The molecule has 1 rings (SSSR count). The van der Waals surface area contributed by atoms with Gasteiger partial charge in [0.2, 0.25) is 0 Å². The van der Waals surface area contributed by atoms with Gasteiger partial charge in [-0.05, 0) is 33.1 Å². The van der Waals surface area contributed by atoms with Crippen LogP contribution < -0.4 is 5.73 Å². The molecule has 0 spiro atoms. The summed E-state index contributed by atoms with van der Waals surface area (Å²) in [6.07, 6.45) is 1.00. The molecule has 1 amide bonds. The van der Waals surface area contributed by atoms with E-state index in [0.29, 0.717) is 5.92 Å². The Bertz CT molecular complexity index is 239. The SMILES string of the molecule is COC(C)(C)C(=O)N1CCC(C(C)N)C1. The minimum Gasteiger partial charge on any atom is -0.369 e. The lowest BCUT2D eigenvalue weighted by atomic mass is 10.0. The largest absolute Gasteiger partial charge is 0.369 e. The normalized spacial score (nSPS) is 24.3. The number of rotatable bonds is 3. The summed E-state index contributed by atoms with van der Waals surface area (Å²) in [6, 6.07) is 0.161. The van der Waals surface area contributed by atoms with Crippen molar-refractivity contribution in [3.05, 3.63) is 0 Å². The van der Waals surface area contributed by atoms with Crippen LogP contribution in [0.1, 0.15) is 27.2 Å². The van der Waals surface area contributed by atoms with E-state index >= 15 is 0 Å². The maximum atomic E-state index is 12.0. The minimum absolute atomic E-state index is 0.0631. The van der Waals surface area contributed by atoms with E-state index in [2.05, 4.69) is 0 Å². The molecule has 0 aliphatic carbocycles. The number of hydrogen-bond donors (Lipinski definition) is 1. The zero-order valence-electron chi connectivity index (χ0n) is 10.1. The van der Waals surface area contributed by atoms with E-state index in [1.807, 2.05) is 11.8 Å². The van der Waals surface area contributed by atoms with Crippen LogP contribution in [-0.2, 0) is 9.53 Å². The standard InChI is InChI=1S/C11H22N2O2/c1-8(12)9-5-6-13(7-9)10(14)11(2,3)15-4/h8-9H,5-7,12H2,1-4H3. The van der Waals surface area contributed by atoms with Crippen molar-refractivity contribution in [2.45, 2.75) is 38.8 Å². The first-order valence-corrected chi connectivity index (χ1v) is 5.48. The summed E-state index contributed by atoms with van der Waals surface area (Å²) >= 11 is 0. The molecule has 0 bridgehead atoms. The molecule has 0 radical (unpaired) electrons. The summed E-state index contributed by atoms with van der Waals surface area (Å²) in [4.78, 5) is 13.9. The number of methoxy groups -OCH3 is 1. The van der Waals surface area contributed by atoms with Gasteiger partial charge in [0.15, 0.2) is 0 Å². The van der Waals surface area contributed by atoms with Crippen LogP contribution in [-0.4, -0.2) is 42.6 Å². The second-order valence-electron chi connectivity index (χ2n) is 4.87. The van der Waals surface area contributed by atoms with Crippen LogP contribution >= 0.6 is 0 Å². The van der Waals surface area contributed by atoms with E-state index in [4.69, 9.17) is 10.5 Å². The van der Waals surface area contributed by atoms with E-state index in [1.165, 1.54) is 0 Å². The van der Waals surface area contributed by atoms with Crippen LogP contribution in [0.15, 0.2) is 0 Å². The molecule has 0 saturated carbocycles. The third-order valence-corrected chi connectivity index (χ3v) is 3.28. The van der Waals surface area contributed by atoms with Crippen molar-refractivity contribution in [3.63, 3.8) is 0 Å². The van der Waals surface area contributed by atoms with Gasteiger partial charge in [0.25, 0.3) is 5.91 Å². The van der Waals surface area contributed by atoms with Crippen LogP contribution in [0.5, 0.6) is 0 Å². The van der Waals surface area contributed by atoms with Gasteiger partial charge in [-0.3, -0.25) is 4.79 Å². The van der Waals surface area contributed by atoms with Crippen molar-refractivity contribution >= 4 is 5.91 Å². The Morgan fingerprint density at radius 1 is 1.60 bits per heavy atom. The van der Waals surface area contributed by atoms with Gasteiger partial charge in [-0.15, -0.1) is 0 Å². The molecular formula is C11H22N2O2. The van der Waals surface area contributed by atoms with Gasteiger partial charge >= 0.3 is 0 Å². The Hall–Kier alpha value is -0.610. The first kappa shape index (κ1) is 12.5. The average molecular weight is 214 g/mol. The predicted molar refractivity (Wildman–Crippen MR) is 59.4 cm³/mol. The molecule has 4 nitrogen and oxygen atoms in total. The minimum atomic E-state index is -0.716. The van der Waals surface area contributed by atoms with Crippen molar-refractivity contribution in [1.29, 1.82) is 0 Å². The van der Waals surface area contributed by atoms with Crippen LogP contribution in [0.25, 0.3) is 0 Å². The Kier molecular flexibility index (Phi) is 3.73. The zero-order valence-corrected chi connectivity index (χ0v) is 10.1. The summed E-state index contributed by atoms with van der Waals surface area (Å²) in [5.41, 5.74) is 5.12. The first-order chi connectivity index (χ1) is 6.88. The number of likely N-dealkylation sites (tertiary alicyclic amines) is 1. The van der Waals surface area contributed by atoms with Crippen molar-refractivity contribution in [3.8, 4) is 0 Å². The lowest BCUT2D eigenvalue weighted by Crippen LogP contribution is -2.46. The highest BCUT2D eigenvalue weighted by Crippen LogP contribution is 2.22. The predicted octanol–water partition coefficient (Wildman–Crippen LogP) is 0.607. The average Bonchev–Trinajstić information content (AvgIpc) is 2.65. The van der Waals surface area contributed by atoms with Gasteiger partial charge in [-0.2, -0.15) is 0 Å². The number of nitrogens with zero attached hydrogens (tertiary/aromatic N) is 1. The molecule has 15 heavy (non-hydrogen) atoms. The number of carbonyl (C=O) groups excluding carboxylic acids is 1. The maximum Gasteiger partial charge on any atom is 0.254 e. The fourth-order valence-corrected chi connectivity index (χ4v) is 1.87. The Labute approximate surface area is 91.8 Å². The molecule has 2 atom stereocenters. The summed E-state index contributed by atoms with van der Waals surface area (Å²) < 4.78 is 5.19. The molecule has 0 aromatic heterocycles. The smallest absolute Gasteiger partial charge is 0.254 e. The second kappa shape index (κ2) is 4.49. The molecule has 2 unspecified atom stereocenters. The van der Waals surface area contributed by atoms with Crippen molar-refractivity contribution in [1.82, 2.24) is 4.90 Å². The first-order valence-electron chi connectivity index (χ1n) is 5.48. The zero-order chi connectivity index (χ0) is 11.6. The van der Waals surface area contributed by atoms with Crippen molar-refractivity contribution in [2.75, 3.05) is 20.2 Å². The van der Waals surface area contributed by atoms with E-state index < -0.39 is 5.60 Å². The highest BCUT2D eigenvalue weighted by Gasteiger charge is 2.36. The molecule has 2 N–H and O–H groups in total. The van der Waals surface area contributed by atoms with Crippen LogP contribution in [0.2, 0.25) is 0 Å². The lowest BCUT2D eigenvalue weighted by molar-refractivity contribution is -0.150. The summed E-state index contributed by atoms with van der Waals surface area (Å²) in [5.74, 6) is 0.495. The third-order valence-electron chi connectivity index (χ3n) is 3.28. The molecule has 1 heterocycles. The molecule has 0 aromatic rings. The van der Waals surface area contributed by atoms with Gasteiger partial charge in [0, 0.05) is 26.2 Å². The molecule has 1 saturated heterocycles. The van der Waals surface area contributed by atoms with Gasteiger partial charge in [0.1, 0.15) is 5.60 Å². The van der Waals surface area contributed by atoms with E-state index in [9.17, 15) is 4.79 Å². The number of nitrogens with two attached hydrogens (primary N) is 1. The highest BCUT2D eigenvalue weighted by atomic mass is 16.5. The highest BCUT2D eigenvalue weighted by molar-refractivity contribution is 5.84.